The van der Waals surface area contributed by atoms with Crippen LogP contribution in [-0.4, -0.2) is 11.4 Å². The Kier molecular flexibility index (Phi) is 2.15. The Bertz CT molecular complexity index is 383. The molecule has 0 amide bonds. The maximum atomic E-state index is 11.4. The SMILES string of the molecule is Cc1cc2c(c(=O)o1)CC(Br)CO2. The van der Waals surface area contributed by atoms with Crippen molar-refractivity contribution < 1.29 is 9.15 Å². The molecule has 1 unspecified atom stereocenters. The van der Waals surface area contributed by atoms with Crippen molar-refractivity contribution in [1.82, 2.24) is 0 Å². The number of hydrogen-bond acceptors (Lipinski definition) is 3. The van der Waals surface area contributed by atoms with E-state index in [2.05, 4.69) is 15.9 Å². The molecular weight excluding hydrogens is 236 g/mol. The van der Waals surface area contributed by atoms with Gasteiger partial charge in [-0.3, -0.25) is 0 Å². The zero-order valence-electron chi connectivity index (χ0n) is 7.17. The van der Waals surface area contributed by atoms with Crippen LogP contribution in [0.5, 0.6) is 5.75 Å². The highest BCUT2D eigenvalue weighted by molar-refractivity contribution is 9.09. The Morgan fingerprint density at radius 2 is 2.38 bits per heavy atom. The Hall–Kier alpha value is -0.770. The van der Waals surface area contributed by atoms with E-state index in [0.29, 0.717) is 30.1 Å². The second-order valence-electron chi connectivity index (χ2n) is 3.10. The first-order chi connectivity index (χ1) is 6.16. The molecule has 3 nitrogen and oxygen atoms in total. The molecule has 1 aromatic rings. The zero-order valence-corrected chi connectivity index (χ0v) is 8.76. The summed E-state index contributed by atoms with van der Waals surface area (Å²) < 4.78 is 10.4. The number of halogens is 1. The molecule has 1 atom stereocenters. The summed E-state index contributed by atoms with van der Waals surface area (Å²) >= 11 is 3.41. The van der Waals surface area contributed by atoms with Gasteiger partial charge in [-0.25, -0.2) is 4.79 Å². The molecule has 0 fully saturated rings. The van der Waals surface area contributed by atoms with Crippen LogP contribution in [-0.2, 0) is 6.42 Å². The summed E-state index contributed by atoms with van der Waals surface area (Å²) in [6.45, 7) is 2.35. The second-order valence-corrected chi connectivity index (χ2v) is 4.39. The summed E-state index contributed by atoms with van der Waals surface area (Å²) in [5, 5.41) is 0. The maximum Gasteiger partial charge on any atom is 0.342 e. The number of fused-ring (bicyclic) bond motifs is 1. The van der Waals surface area contributed by atoms with Crippen molar-refractivity contribution in [3.63, 3.8) is 0 Å². The average Bonchev–Trinajstić information content (AvgIpc) is 2.06. The van der Waals surface area contributed by atoms with E-state index < -0.39 is 0 Å². The molecule has 2 heterocycles. The van der Waals surface area contributed by atoms with Crippen LogP contribution in [0.1, 0.15) is 11.3 Å². The molecule has 13 heavy (non-hydrogen) atoms. The minimum Gasteiger partial charge on any atom is -0.492 e. The molecule has 0 radical (unpaired) electrons. The summed E-state index contributed by atoms with van der Waals surface area (Å²) in [6.07, 6.45) is 0.679. The van der Waals surface area contributed by atoms with Gasteiger partial charge in [0.1, 0.15) is 18.1 Å². The third-order valence-corrected chi connectivity index (χ3v) is 2.57. The summed E-state index contributed by atoms with van der Waals surface area (Å²) in [7, 11) is 0. The van der Waals surface area contributed by atoms with Crippen LogP contribution in [0.15, 0.2) is 15.3 Å². The van der Waals surface area contributed by atoms with Gasteiger partial charge in [-0.2, -0.15) is 0 Å². The number of aryl methyl sites for hydroxylation is 1. The van der Waals surface area contributed by atoms with Crippen LogP contribution in [0.4, 0.5) is 0 Å². The van der Waals surface area contributed by atoms with Gasteiger partial charge in [-0.05, 0) is 13.3 Å². The van der Waals surface area contributed by atoms with Gasteiger partial charge in [0, 0.05) is 6.07 Å². The molecule has 4 heteroatoms. The standard InChI is InChI=1S/C9H9BrO3/c1-5-2-8-7(9(11)13-5)3-6(10)4-12-8/h2,6H,3-4H2,1H3. The molecular formula is C9H9BrO3. The van der Waals surface area contributed by atoms with Gasteiger partial charge in [-0.1, -0.05) is 15.9 Å². The summed E-state index contributed by atoms with van der Waals surface area (Å²) in [5.41, 5.74) is 0.359. The number of ether oxygens (including phenoxy) is 1. The summed E-state index contributed by atoms with van der Waals surface area (Å²) in [4.78, 5) is 11.6. The van der Waals surface area contributed by atoms with Gasteiger partial charge < -0.3 is 9.15 Å². The van der Waals surface area contributed by atoms with E-state index in [1.807, 2.05) is 0 Å². The molecule has 0 bridgehead atoms. The number of hydrogen-bond donors (Lipinski definition) is 0. The van der Waals surface area contributed by atoms with Gasteiger partial charge >= 0.3 is 5.63 Å². The fourth-order valence-corrected chi connectivity index (χ4v) is 1.84. The highest BCUT2D eigenvalue weighted by atomic mass is 79.9. The van der Waals surface area contributed by atoms with Gasteiger partial charge in [0.25, 0.3) is 0 Å². The van der Waals surface area contributed by atoms with Crippen LogP contribution in [0.25, 0.3) is 0 Å². The van der Waals surface area contributed by atoms with Crippen molar-refractivity contribution in [2.75, 3.05) is 6.61 Å². The average molecular weight is 245 g/mol. The van der Waals surface area contributed by atoms with Gasteiger partial charge in [0.2, 0.25) is 0 Å². The maximum absolute atomic E-state index is 11.4. The lowest BCUT2D eigenvalue weighted by Gasteiger charge is -2.19. The molecule has 0 spiro atoms. The van der Waals surface area contributed by atoms with Crippen molar-refractivity contribution >= 4 is 15.9 Å². The first-order valence-electron chi connectivity index (χ1n) is 4.07. The van der Waals surface area contributed by atoms with E-state index in [1.54, 1.807) is 13.0 Å². The van der Waals surface area contributed by atoms with Crippen molar-refractivity contribution in [3.05, 3.63) is 27.8 Å². The topological polar surface area (TPSA) is 39.4 Å². The Balaban J connectivity index is 2.53. The molecule has 1 aliphatic heterocycles. The summed E-state index contributed by atoms with van der Waals surface area (Å²) in [6, 6.07) is 1.76. The first kappa shape index (κ1) is 8.81. The van der Waals surface area contributed by atoms with Crippen molar-refractivity contribution in [2.24, 2.45) is 0 Å². The number of alkyl halides is 1. The van der Waals surface area contributed by atoms with Crippen molar-refractivity contribution in [2.45, 2.75) is 18.2 Å². The third-order valence-electron chi connectivity index (χ3n) is 1.98. The lowest BCUT2D eigenvalue weighted by molar-refractivity contribution is 0.286. The fourth-order valence-electron chi connectivity index (χ4n) is 1.38. The monoisotopic (exact) mass is 244 g/mol. The highest BCUT2D eigenvalue weighted by Crippen LogP contribution is 2.25. The predicted molar refractivity (Wildman–Crippen MR) is 51.6 cm³/mol. The van der Waals surface area contributed by atoms with Crippen LogP contribution in [0, 0.1) is 6.92 Å². The Morgan fingerprint density at radius 1 is 1.62 bits per heavy atom. The van der Waals surface area contributed by atoms with Crippen molar-refractivity contribution in [1.29, 1.82) is 0 Å². The van der Waals surface area contributed by atoms with E-state index in [9.17, 15) is 4.79 Å². The Morgan fingerprint density at radius 3 is 3.15 bits per heavy atom. The van der Waals surface area contributed by atoms with E-state index in [0.717, 1.165) is 0 Å². The molecule has 0 N–H and O–H groups in total. The third kappa shape index (κ3) is 1.63. The number of rotatable bonds is 0. The highest BCUT2D eigenvalue weighted by Gasteiger charge is 2.21. The molecule has 2 rings (SSSR count). The second kappa shape index (κ2) is 3.18. The largest absolute Gasteiger partial charge is 0.492 e. The van der Waals surface area contributed by atoms with Crippen LogP contribution < -0.4 is 10.4 Å². The van der Waals surface area contributed by atoms with E-state index >= 15 is 0 Å². The van der Waals surface area contributed by atoms with E-state index in [1.165, 1.54) is 0 Å². The molecule has 70 valence electrons. The quantitative estimate of drug-likeness (QED) is 0.652. The first-order valence-corrected chi connectivity index (χ1v) is 4.99. The molecule has 1 aliphatic rings. The lowest BCUT2D eigenvalue weighted by atomic mass is 10.1. The Labute approximate surface area is 83.8 Å². The fraction of sp³-hybridized carbons (Fsp3) is 0.444. The van der Waals surface area contributed by atoms with Gasteiger partial charge in [0.15, 0.2) is 0 Å². The zero-order chi connectivity index (χ0) is 9.42. The van der Waals surface area contributed by atoms with Crippen LogP contribution >= 0.6 is 15.9 Å². The molecule has 0 saturated carbocycles. The molecule has 0 aromatic carbocycles. The van der Waals surface area contributed by atoms with Gasteiger partial charge in [-0.15, -0.1) is 0 Å². The van der Waals surface area contributed by atoms with E-state index in [-0.39, 0.29) is 10.5 Å². The molecule has 0 aliphatic carbocycles. The van der Waals surface area contributed by atoms with Crippen molar-refractivity contribution in [3.8, 4) is 5.75 Å². The summed E-state index contributed by atoms with van der Waals surface area (Å²) in [5.74, 6) is 1.27. The molecule has 0 saturated heterocycles. The van der Waals surface area contributed by atoms with Gasteiger partial charge in [0.05, 0.1) is 10.4 Å². The minimum atomic E-state index is -0.279. The normalized spacial score (nSPS) is 20.6. The minimum absolute atomic E-state index is 0.214. The van der Waals surface area contributed by atoms with Crippen LogP contribution in [0.2, 0.25) is 0 Å². The predicted octanol–water partition coefficient (Wildman–Crippen LogP) is 1.65. The van der Waals surface area contributed by atoms with E-state index in [4.69, 9.17) is 9.15 Å². The molecule has 1 aromatic heterocycles. The van der Waals surface area contributed by atoms with Crippen LogP contribution in [0.3, 0.4) is 0 Å². The lowest BCUT2D eigenvalue weighted by Crippen LogP contribution is -2.25. The smallest absolute Gasteiger partial charge is 0.342 e.